The molecule has 106 valence electrons. The van der Waals surface area contributed by atoms with Gasteiger partial charge in [-0.2, -0.15) is 0 Å². The first-order valence-electron chi connectivity index (χ1n) is 6.72. The fraction of sp³-hybridized carbons (Fsp3) is 0.786. The van der Waals surface area contributed by atoms with Gasteiger partial charge in [0.25, 0.3) is 0 Å². The molecule has 0 aromatic carbocycles. The van der Waals surface area contributed by atoms with Crippen molar-refractivity contribution in [3.63, 3.8) is 0 Å². The quantitative estimate of drug-likeness (QED) is 0.463. The molecule has 1 atom stereocenters. The number of aliphatic carboxylic acids is 1. The molecule has 0 fully saturated rings. The number of likely N-dealkylation sites (N-methyl/N-ethyl adjacent to an activating group) is 1. The minimum atomic E-state index is -1.000. The number of allylic oxidation sites excluding steroid dienone is 2. The van der Waals surface area contributed by atoms with Gasteiger partial charge < -0.3 is 19.5 Å². The van der Waals surface area contributed by atoms with Gasteiger partial charge in [0.15, 0.2) is 0 Å². The molecule has 0 saturated heterocycles. The number of carboxylic acids is 1. The molecular weight excluding hydrogens is 230 g/mol. The van der Waals surface area contributed by atoms with E-state index in [9.17, 15) is 15.0 Å². The van der Waals surface area contributed by atoms with Gasteiger partial charge >= 0.3 is 0 Å². The Labute approximate surface area is 111 Å². The molecule has 4 heteroatoms. The average Bonchev–Trinajstić information content (AvgIpc) is 2.22. The SMILES string of the molecule is CC/C=C/CCC(O)C[N+](C)(C)CCCC(=O)[O-]. The van der Waals surface area contributed by atoms with E-state index < -0.39 is 5.97 Å². The smallest absolute Gasteiger partial charge is 0.105 e. The molecule has 0 heterocycles. The topological polar surface area (TPSA) is 60.4 Å². The van der Waals surface area contributed by atoms with Gasteiger partial charge in [-0.05, 0) is 25.7 Å². The number of nitrogens with zero attached hydrogens (tertiary/aromatic N) is 1. The molecule has 0 aromatic heterocycles. The van der Waals surface area contributed by atoms with Gasteiger partial charge in [0, 0.05) is 12.4 Å². The van der Waals surface area contributed by atoms with Crippen LogP contribution in [0.25, 0.3) is 0 Å². The van der Waals surface area contributed by atoms with Crippen LogP contribution in [0.4, 0.5) is 0 Å². The second-order valence-electron chi connectivity index (χ2n) is 5.43. The van der Waals surface area contributed by atoms with E-state index in [4.69, 9.17) is 0 Å². The van der Waals surface area contributed by atoms with E-state index in [1.165, 1.54) is 0 Å². The van der Waals surface area contributed by atoms with Gasteiger partial charge in [-0.1, -0.05) is 19.1 Å². The Bertz CT molecular complexity index is 262. The van der Waals surface area contributed by atoms with Crippen LogP contribution in [0, 0.1) is 0 Å². The van der Waals surface area contributed by atoms with Crippen molar-refractivity contribution in [3.05, 3.63) is 12.2 Å². The summed E-state index contributed by atoms with van der Waals surface area (Å²) in [6.07, 6.45) is 7.25. The number of carbonyl (C=O) groups excluding carboxylic acids is 1. The molecule has 0 aliphatic carbocycles. The van der Waals surface area contributed by atoms with E-state index in [1.54, 1.807) is 0 Å². The maximum absolute atomic E-state index is 10.3. The zero-order chi connectivity index (χ0) is 14.0. The summed E-state index contributed by atoms with van der Waals surface area (Å²) in [7, 11) is 4.03. The van der Waals surface area contributed by atoms with Crippen molar-refractivity contribution < 1.29 is 19.5 Å². The number of hydrogen-bond acceptors (Lipinski definition) is 3. The molecule has 0 radical (unpaired) electrons. The summed E-state index contributed by atoms with van der Waals surface area (Å²) in [6.45, 7) is 3.49. The maximum atomic E-state index is 10.3. The van der Waals surface area contributed by atoms with E-state index >= 15 is 0 Å². The van der Waals surface area contributed by atoms with Crippen molar-refractivity contribution in [2.24, 2.45) is 0 Å². The second-order valence-corrected chi connectivity index (χ2v) is 5.43. The fourth-order valence-electron chi connectivity index (χ4n) is 1.98. The van der Waals surface area contributed by atoms with Gasteiger partial charge in [-0.15, -0.1) is 0 Å². The lowest BCUT2D eigenvalue weighted by Gasteiger charge is -2.32. The van der Waals surface area contributed by atoms with E-state index in [0.717, 1.165) is 25.8 Å². The lowest BCUT2D eigenvalue weighted by Crippen LogP contribution is -2.46. The van der Waals surface area contributed by atoms with Crippen LogP contribution in [-0.2, 0) is 4.79 Å². The van der Waals surface area contributed by atoms with E-state index in [-0.39, 0.29) is 12.5 Å². The van der Waals surface area contributed by atoms with Crippen LogP contribution in [-0.4, -0.2) is 48.8 Å². The molecule has 0 bridgehead atoms. The predicted molar refractivity (Wildman–Crippen MR) is 70.8 cm³/mol. The number of hydrogen-bond donors (Lipinski definition) is 1. The molecule has 18 heavy (non-hydrogen) atoms. The number of rotatable bonds is 10. The largest absolute Gasteiger partial charge is 0.550 e. The number of carbonyl (C=O) groups is 1. The van der Waals surface area contributed by atoms with Gasteiger partial charge in [-0.3, -0.25) is 0 Å². The van der Waals surface area contributed by atoms with Gasteiger partial charge in [0.05, 0.1) is 20.6 Å². The van der Waals surface area contributed by atoms with Gasteiger partial charge in [-0.25, -0.2) is 0 Å². The van der Waals surface area contributed by atoms with Crippen molar-refractivity contribution in [2.45, 2.75) is 45.1 Å². The highest BCUT2D eigenvalue weighted by atomic mass is 16.4. The zero-order valence-corrected chi connectivity index (χ0v) is 11.9. The second kappa shape index (κ2) is 9.11. The molecule has 1 N–H and O–H groups in total. The minimum Gasteiger partial charge on any atom is -0.550 e. The van der Waals surface area contributed by atoms with Crippen LogP contribution in [0.5, 0.6) is 0 Å². The standard InChI is InChI=1S/C14H27NO3/c1-4-5-6-7-9-13(16)12-15(2,3)11-8-10-14(17)18/h5-6,13,16H,4,7-12H2,1-3H3/b6-5+. The van der Waals surface area contributed by atoms with Crippen LogP contribution >= 0.6 is 0 Å². The lowest BCUT2D eigenvalue weighted by molar-refractivity contribution is -0.893. The van der Waals surface area contributed by atoms with Crippen molar-refractivity contribution in [2.75, 3.05) is 27.2 Å². The summed E-state index contributed by atoms with van der Waals surface area (Å²) in [5, 5.41) is 20.2. The molecule has 0 aliphatic rings. The van der Waals surface area contributed by atoms with Crippen molar-refractivity contribution in [1.82, 2.24) is 0 Å². The maximum Gasteiger partial charge on any atom is 0.105 e. The minimum absolute atomic E-state index is 0.0943. The first-order valence-corrected chi connectivity index (χ1v) is 6.72. The Morgan fingerprint density at radius 2 is 2.06 bits per heavy atom. The summed E-state index contributed by atoms with van der Waals surface area (Å²) in [6, 6.07) is 0. The summed E-state index contributed by atoms with van der Waals surface area (Å²) < 4.78 is 0.645. The number of aliphatic hydroxyl groups is 1. The predicted octanol–water partition coefficient (Wildman–Crippen LogP) is 0.700. The summed E-state index contributed by atoms with van der Waals surface area (Å²) in [5.41, 5.74) is 0. The van der Waals surface area contributed by atoms with Crippen molar-refractivity contribution in [3.8, 4) is 0 Å². The van der Waals surface area contributed by atoms with Crippen molar-refractivity contribution in [1.29, 1.82) is 0 Å². The third-order valence-electron chi connectivity index (χ3n) is 2.92. The molecule has 0 rings (SSSR count). The Morgan fingerprint density at radius 1 is 1.39 bits per heavy atom. The average molecular weight is 257 g/mol. The molecule has 1 unspecified atom stereocenters. The molecular formula is C14H27NO3. The molecule has 4 nitrogen and oxygen atoms in total. The van der Waals surface area contributed by atoms with Crippen molar-refractivity contribution >= 4 is 5.97 Å². The number of carboxylic acid groups (broad SMARTS) is 1. The molecule has 0 amide bonds. The van der Waals surface area contributed by atoms with Gasteiger partial charge in [0.1, 0.15) is 12.6 Å². The van der Waals surface area contributed by atoms with Crippen LogP contribution < -0.4 is 5.11 Å². The van der Waals surface area contributed by atoms with E-state index in [2.05, 4.69) is 19.1 Å². The van der Waals surface area contributed by atoms with E-state index in [1.807, 2.05) is 14.1 Å². The molecule has 0 spiro atoms. The third kappa shape index (κ3) is 10.3. The summed E-state index contributed by atoms with van der Waals surface area (Å²) in [4.78, 5) is 10.3. The van der Waals surface area contributed by atoms with Crippen LogP contribution in [0.2, 0.25) is 0 Å². The van der Waals surface area contributed by atoms with Gasteiger partial charge in [0.2, 0.25) is 0 Å². The fourth-order valence-corrected chi connectivity index (χ4v) is 1.98. The summed E-state index contributed by atoms with van der Waals surface area (Å²) >= 11 is 0. The summed E-state index contributed by atoms with van der Waals surface area (Å²) in [5.74, 6) is -1.000. The normalized spacial score (nSPS) is 14.0. The first-order chi connectivity index (χ1) is 8.37. The number of quaternary nitrogens is 1. The van der Waals surface area contributed by atoms with Crippen LogP contribution in [0.1, 0.15) is 39.0 Å². The van der Waals surface area contributed by atoms with Crippen LogP contribution in [0.3, 0.4) is 0 Å². The zero-order valence-electron chi connectivity index (χ0n) is 11.9. The highest BCUT2D eigenvalue weighted by Crippen LogP contribution is 2.07. The monoisotopic (exact) mass is 257 g/mol. The Balaban J connectivity index is 3.84. The highest BCUT2D eigenvalue weighted by Gasteiger charge is 2.19. The molecule has 0 saturated carbocycles. The lowest BCUT2D eigenvalue weighted by atomic mass is 10.1. The molecule has 0 aromatic rings. The van der Waals surface area contributed by atoms with Crippen LogP contribution in [0.15, 0.2) is 12.2 Å². The number of aliphatic hydroxyl groups excluding tert-OH is 1. The Hall–Kier alpha value is -0.870. The van der Waals surface area contributed by atoms with E-state index in [0.29, 0.717) is 17.4 Å². The Kier molecular flexibility index (Phi) is 8.67. The molecule has 0 aliphatic heterocycles. The highest BCUT2D eigenvalue weighted by molar-refractivity contribution is 5.64. The first kappa shape index (κ1) is 17.1. The Morgan fingerprint density at radius 3 is 2.61 bits per heavy atom. The third-order valence-corrected chi connectivity index (χ3v) is 2.92.